The highest BCUT2D eigenvalue weighted by atomic mass is 32.1. The van der Waals surface area contributed by atoms with E-state index >= 15 is 0 Å². The van der Waals surface area contributed by atoms with E-state index < -0.39 is 0 Å². The average molecular weight is 383 g/mol. The number of thiocarbonyl (C=S) groups is 1. The Labute approximate surface area is 166 Å². The Kier molecular flexibility index (Phi) is 6.45. The topological polar surface area (TPSA) is 41.6 Å². The molecule has 1 amide bonds. The molecule has 3 rings (SSSR count). The lowest BCUT2D eigenvalue weighted by molar-refractivity contribution is 0.0973. The van der Waals surface area contributed by atoms with Crippen LogP contribution in [0.4, 0.5) is 5.69 Å². The highest BCUT2D eigenvalue weighted by molar-refractivity contribution is 7.80. The van der Waals surface area contributed by atoms with Gasteiger partial charge in [-0.1, -0.05) is 44.2 Å². The second-order valence-corrected chi connectivity index (χ2v) is 7.56. The molecular formula is C22H26N2O2S. The van der Waals surface area contributed by atoms with Crippen molar-refractivity contribution in [3.8, 4) is 5.75 Å². The maximum atomic E-state index is 12.8. The first-order valence-corrected chi connectivity index (χ1v) is 9.89. The molecule has 0 radical (unpaired) electrons. The Morgan fingerprint density at radius 1 is 1.19 bits per heavy atom. The van der Waals surface area contributed by atoms with Crippen molar-refractivity contribution in [2.75, 3.05) is 18.1 Å². The largest absolute Gasteiger partial charge is 0.493 e. The molecule has 0 spiro atoms. The molecular weight excluding hydrogens is 356 g/mol. The number of ether oxygens (including phenoxy) is 1. The minimum atomic E-state index is -0.233. The molecule has 27 heavy (non-hydrogen) atoms. The van der Waals surface area contributed by atoms with Gasteiger partial charge < -0.3 is 9.64 Å². The van der Waals surface area contributed by atoms with Crippen LogP contribution in [0.2, 0.25) is 0 Å². The summed E-state index contributed by atoms with van der Waals surface area (Å²) in [5.41, 5.74) is 2.85. The first-order chi connectivity index (χ1) is 13.1. The van der Waals surface area contributed by atoms with Crippen LogP contribution >= 0.6 is 12.2 Å². The fraction of sp³-hybridized carbons (Fsp3) is 0.364. The van der Waals surface area contributed by atoms with Crippen LogP contribution < -0.4 is 15.0 Å². The van der Waals surface area contributed by atoms with Crippen molar-refractivity contribution in [3.05, 3.63) is 59.7 Å². The lowest BCUT2D eigenvalue weighted by Crippen LogP contribution is -2.45. The average Bonchev–Trinajstić information content (AvgIpc) is 2.67. The Morgan fingerprint density at radius 2 is 1.93 bits per heavy atom. The summed E-state index contributed by atoms with van der Waals surface area (Å²) >= 11 is 5.54. The highest BCUT2D eigenvalue weighted by Crippen LogP contribution is 2.27. The summed E-state index contributed by atoms with van der Waals surface area (Å²) < 4.78 is 5.83. The molecule has 1 aliphatic rings. The van der Waals surface area contributed by atoms with Crippen LogP contribution in [-0.2, 0) is 6.42 Å². The summed E-state index contributed by atoms with van der Waals surface area (Å²) in [5, 5.41) is 3.32. The number of fused-ring (bicyclic) bond motifs is 1. The van der Waals surface area contributed by atoms with Crippen LogP contribution in [0.25, 0.3) is 0 Å². The number of nitrogens with zero attached hydrogens (tertiary/aromatic N) is 1. The number of carbonyl (C=O) groups is 1. The number of rotatable bonds is 5. The molecule has 0 unspecified atom stereocenters. The van der Waals surface area contributed by atoms with Gasteiger partial charge in [0.1, 0.15) is 5.75 Å². The maximum absolute atomic E-state index is 12.8. The van der Waals surface area contributed by atoms with Gasteiger partial charge in [-0.3, -0.25) is 10.1 Å². The molecule has 0 aliphatic carbocycles. The number of carbonyl (C=O) groups excluding carboxylic acids is 1. The molecule has 0 aromatic heterocycles. The van der Waals surface area contributed by atoms with Crippen LogP contribution in [0, 0.1) is 5.92 Å². The number of hydrogen-bond donors (Lipinski definition) is 1. The van der Waals surface area contributed by atoms with Gasteiger partial charge in [0.2, 0.25) is 0 Å². The lowest BCUT2D eigenvalue weighted by Gasteiger charge is -2.31. The van der Waals surface area contributed by atoms with Crippen LogP contribution in [0.3, 0.4) is 0 Å². The van der Waals surface area contributed by atoms with Gasteiger partial charge in [-0.15, -0.1) is 0 Å². The molecule has 1 aliphatic heterocycles. The zero-order chi connectivity index (χ0) is 19.2. The second-order valence-electron chi connectivity index (χ2n) is 7.17. The number of amides is 1. The Hall–Kier alpha value is -2.40. The highest BCUT2D eigenvalue weighted by Gasteiger charge is 2.22. The Morgan fingerprint density at radius 3 is 2.74 bits per heavy atom. The number of anilines is 1. The Balaban J connectivity index is 1.70. The van der Waals surface area contributed by atoms with Crippen LogP contribution in [0.15, 0.2) is 48.5 Å². The van der Waals surface area contributed by atoms with E-state index in [1.807, 2.05) is 35.2 Å². The second kappa shape index (κ2) is 9.00. The van der Waals surface area contributed by atoms with E-state index in [4.69, 9.17) is 17.0 Å². The van der Waals surface area contributed by atoms with E-state index in [9.17, 15) is 4.79 Å². The maximum Gasteiger partial charge on any atom is 0.261 e. The standard InChI is InChI=1S/C22H26N2O2S/c1-16(2)13-15-26-20-12-6-4-10-18(20)21(25)23-22(27)24-14-7-9-17-8-3-5-11-19(17)24/h3-6,8,10-12,16H,7,9,13-15H2,1-2H3,(H,23,25,27). The molecule has 0 fully saturated rings. The van der Waals surface area contributed by atoms with Gasteiger partial charge in [-0.2, -0.15) is 0 Å². The number of hydrogen-bond acceptors (Lipinski definition) is 3. The Bertz CT molecular complexity index is 819. The molecule has 0 saturated heterocycles. The molecule has 2 aromatic carbocycles. The first kappa shape index (κ1) is 19.4. The van der Waals surface area contributed by atoms with Gasteiger partial charge in [0.15, 0.2) is 5.11 Å². The fourth-order valence-electron chi connectivity index (χ4n) is 3.16. The summed E-state index contributed by atoms with van der Waals surface area (Å²) in [7, 11) is 0. The lowest BCUT2D eigenvalue weighted by atomic mass is 10.0. The third kappa shape index (κ3) is 4.86. The number of benzene rings is 2. The van der Waals surface area contributed by atoms with Gasteiger partial charge in [0.05, 0.1) is 12.2 Å². The van der Waals surface area contributed by atoms with Gasteiger partial charge in [-0.25, -0.2) is 0 Å². The van der Waals surface area contributed by atoms with Crippen molar-refractivity contribution < 1.29 is 9.53 Å². The smallest absolute Gasteiger partial charge is 0.261 e. The molecule has 142 valence electrons. The minimum Gasteiger partial charge on any atom is -0.493 e. The molecule has 1 heterocycles. The van der Waals surface area contributed by atoms with Gasteiger partial charge in [-0.05, 0) is 61.2 Å². The summed E-state index contributed by atoms with van der Waals surface area (Å²) in [6.07, 6.45) is 3.00. The predicted octanol–water partition coefficient (Wildman–Crippen LogP) is 4.58. The van der Waals surface area contributed by atoms with Crippen molar-refractivity contribution in [3.63, 3.8) is 0 Å². The van der Waals surface area contributed by atoms with E-state index in [2.05, 4.69) is 31.3 Å². The van der Waals surface area contributed by atoms with Crippen molar-refractivity contribution in [1.82, 2.24) is 5.32 Å². The van der Waals surface area contributed by atoms with Gasteiger partial charge in [0.25, 0.3) is 5.91 Å². The van der Waals surface area contributed by atoms with Crippen molar-refractivity contribution in [1.29, 1.82) is 0 Å². The normalized spacial score (nSPS) is 13.2. The van der Waals surface area contributed by atoms with E-state index in [1.54, 1.807) is 6.07 Å². The molecule has 5 heteroatoms. The zero-order valence-electron chi connectivity index (χ0n) is 15.9. The summed E-state index contributed by atoms with van der Waals surface area (Å²) in [4.78, 5) is 14.8. The number of aryl methyl sites for hydroxylation is 1. The molecule has 4 nitrogen and oxygen atoms in total. The van der Waals surface area contributed by atoms with Crippen molar-refractivity contribution in [2.45, 2.75) is 33.1 Å². The molecule has 0 bridgehead atoms. The number of para-hydroxylation sites is 2. The third-order valence-electron chi connectivity index (χ3n) is 4.66. The zero-order valence-corrected chi connectivity index (χ0v) is 16.7. The number of nitrogens with one attached hydrogen (secondary N) is 1. The minimum absolute atomic E-state index is 0.233. The quantitative estimate of drug-likeness (QED) is 0.769. The van der Waals surface area contributed by atoms with Crippen LogP contribution in [-0.4, -0.2) is 24.2 Å². The SMILES string of the molecule is CC(C)CCOc1ccccc1C(=O)NC(=S)N1CCCc2ccccc21. The molecule has 1 N–H and O–H groups in total. The van der Waals surface area contributed by atoms with Crippen LogP contribution in [0.1, 0.15) is 42.6 Å². The third-order valence-corrected chi connectivity index (χ3v) is 4.98. The monoisotopic (exact) mass is 382 g/mol. The van der Waals surface area contributed by atoms with Crippen LogP contribution in [0.5, 0.6) is 5.75 Å². The summed E-state index contributed by atoms with van der Waals surface area (Å²) in [5.74, 6) is 0.915. The fourth-order valence-corrected chi connectivity index (χ4v) is 3.44. The molecule has 0 atom stereocenters. The van der Waals surface area contributed by atoms with E-state index in [0.29, 0.717) is 29.0 Å². The van der Waals surface area contributed by atoms with E-state index in [1.165, 1.54) is 5.56 Å². The predicted molar refractivity (Wildman–Crippen MR) is 114 cm³/mol. The summed E-state index contributed by atoms with van der Waals surface area (Å²) in [6, 6.07) is 15.5. The van der Waals surface area contributed by atoms with Gasteiger partial charge >= 0.3 is 0 Å². The van der Waals surface area contributed by atoms with Gasteiger partial charge in [0, 0.05) is 12.2 Å². The molecule has 0 saturated carbocycles. The molecule has 2 aromatic rings. The van der Waals surface area contributed by atoms with Crippen molar-refractivity contribution in [2.24, 2.45) is 5.92 Å². The van der Waals surface area contributed by atoms with Crippen molar-refractivity contribution >= 4 is 28.9 Å². The van der Waals surface area contributed by atoms with E-state index in [0.717, 1.165) is 31.5 Å². The summed E-state index contributed by atoms with van der Waals surface area (Å²) in [6.45, 7) is 5.70. The first-order valence-electron chi connectivity index (χ1n) is 9.49. The van der Waals surface area contributed by atoms with E-state index in [-0.39, 0.29) is 5.91 Å².